The third kappa shape index (κ3) is 3.61. The highest BCUT2D eigenvalue weighted by Gasteiger charge is 2.18. The number of benzene rings is 2. The van der Waals surface area contributed by atoms with Crippen molar-refractivity contribution in [3.8, 4) is 0 Å². The summed E-state index contributed by atoms with van der Waals surface area (Å²) in [5.41, 5.74) is 7.53. The lowest BCUT2D eigenvalue weighted by Gasteiger charge is -2.22. The summed E-state index contributed by atoms with van der Waals surface area (Å²) < 4.78 is 13.6. The van der Waals surface area contributed by atoms with Gasteiger partial charge in [-0.15, -0.1) is 0 Å². The first kappa shape index (κ1) is 15.5. The molecule has 0 fully saturated rings. The molecule has 2 N–H and O–H groups in total. The first-order chi connectivity index (χ1) is 10.0. The van der Waals surface area contributed by atoms with Crippen LogP contribution in [-0.2, 0) is 0 Å². The number of nitrogens with two attached hydrogens (primary N) is 1. The van der Waals surface area contributed by atoms with Gasteiger partial charge in [0.25, 0.3) is 5.91 Å². The Labute approximate surface area is 131 Å². The van der Waals surface area contributed by atoms with Gasteiger partial charge in [-0.05, 0) is 64.8 Å². The first-order valence-electron chi connectivity index (χ1n) is 6.65. The zero-order chi connectivity index (χ0) is 15.4. The molecule has 0 aliphatic rings. The van der Waals surface area contributed by atoms with Crippen molar-refractivity contribution in [2.45, 2.75) is 13.3 Å². The Bertz CT molecular complexity index is 643. The van der Waals surface area contributed by atoms with E-state index in [9.17, 15) is 9.18 Å². The lowest BCUT2D eigenvalue weighted by atomic mass is 10.1. The minimum atomic E-state index is -0.388. The minimum absolute atomic E-state index is 0.165. The number of carbonyl (C=O) groups excluding carboxylic acids is 1. The van der Waals surface area contributed by atoms with Gasteiger partial charge >= 0.3 is 0 Å². The zero-order valence-corrected chi connectivity index (χ0v) is 13.2. The highest BCUT2D eigenvalue weighted by Crippen LogP contribution is 2.22. The van der Waals surface area contributed by atoms with Gasteiger partial charge in [0.2, 0.25) is 0 Å². The molecule has 2 rings (SSSR count). The molecule has 1 amide bonds. The van der Waals surface area contributed by atoms with Gasteiger partial charge in [-0.3, -0.25) is 4.79 Å². The van der Waals surface area contributed by atoms with E-state index in [0.717, 1.165) is 12.1 Å². The number of nitrogen functional groups attached to an aromatic ring is 1. The maximum atomic E-state index is 13.3. The molecule has 5 heteroatoms. The Hall–Kier alpha value is -1.88. The Morgan fingerprint density at radius 1 is 1.24 bits per heavy atom. The van der Waals surface area contributed by atoms with E-state index in [1.165, 1.54) is 18.2 Å². The van der Waals surface area contributed by atoms with Crippen molar-refractivity contribution in [3.05, 3.63) is 58.3 Å². The summed E-state index contributed by atoms with van der Waals surface area (Å²) in [6.07, 6.45) is 0.818. The quantitative estimate of drug-likeness (QED) is 0.838. The molecular weight excluding hydrogens is 335 g/mol. The molecule has 21 heavy (non-hydrogen) atoms. The van der Waals surface area contributed by atoms with Gasteiger partial charge in [-0.1, -0.05) is 6.92 Å². The molecule has 0 heterocycles. The number of nitrogens with zero attached hydrogens (tertiary/aromatic N) is 1. The molecule has 0 unspecified atom stereocenters. The van der Waals surface area contributed by atoms with Crippen LogP contribution < -0.4 is 10.6 Å². The average Bonchev–Trinajstić information content (AvgIpc) is 2.48. The van der Waals surface area contributed by atoms with Crippen LogP contribution in [0.25, 0.3) is 0 Å². The summed E-state index contributed by atoms with van der Waals surface area (Å²) in [5.74, 6) is -0.552. The molecule has 0 aliphatic heterocycles. The number of carbonyl (C=O) groups is 1. The van der Waals surface area contributed by atoms with Crippen molar-refractivity contribution < 1.29 is 9.18 Å². The topological polar surface area (TPSA) is 46.3 Å². The van der Waals surface area contributed by atoms with Crippen LogP contribution in [0.1, 0.15) is 23.7 Å². The van der Waals surface area contributed by atoms with E-state index in [1.807, 2.05) is 19.1 Å². The van der Waals surface area contributed by atoms with E-state index in [1.54, 1.807) is 17.0 Å². The SMILES string of the molecule is CCCN(C(=O)c1ccc(F)c(Br)c1)c1ccc(N)cc1. The van der Waals surface area contributed by atoms with Gasteiger partial charge in [0.15, 0.2) is 0 Å². The van der Waals surface area contributed by atoms with Crippen molar-refractivity contribution in [1.82, 2.24) is 0 Å². The largest absolute Gasteiger partial charge is 0.399 e. The Morgan fingerprint density at radius 3 is 2.48 bits per heavy atom. The number of halogens is 2. The molecule has 0 bridgehead atoms. The van der Waals surface area contributed by atoms with E-state index in [2.05, 4.69) is 15.9 Å². The minimum Gasteiger partial charge on any atom is -0.399 e. The van der Waals surface area contributed by atoms with Crippen LogP contribution in [0.4, 0.5) is 15.8 Å². The second-order valence-corrected chi connectivity index (χ2v) is 5.53. The molecule has 2 aromatic carbocycles. The summed E-state index contributed by atoms with van der Waals surface area (Å²) in [6.45, 7) is 2.58. The van der Waals surface area contributed by atoms with Gasteiger partial charge in [0.05, 0.1) is 4.47 Å². The van der Waals surface area contributed by atoms with Gasteiger partial charge < -0.3 is 10.6 Å². The molecule has 110 valence electrons. The maximum absolute atomic E-state index is 13.3. The van der Waals surface area contributed by atoms with Gasteiger partial charge in [0, 0.05) is 23.5 Å². The highest BCUT2D eigenvalue weighted by molar-refractivity contribution is 9.10. The fourth-order valence-corrected chi connectivity index (χ4v) is 2.39. The summed E-state index contributed by atoms with van der Waals surface area (Å²) in [6, 6.07) is 11.4. The van der Waals surface area contributed by atoms with Crippen molar-refractivity contribution in [1.29, 1.82) is 0 Å². The second-order valence-electron chi connectivity index (χ2n) is 4.68. The van der Waals surface area contributed by atoms with Gasteiger partial charge in [-0.25, -0.2) is 4.39 Å². The Kier molecular flexibility index (Phi) is 4.96. The molecule has 0 radical (unpaired) electrons. The van der Waals surface area contributed by atoms with Crippen LogP contribution in [0.3, 0.4) is 0 Å². The Balaban J connectivity index is 2.34. The molecule has 0 aromatic heterocycles. The normalized spacial score (nSPS) is 10.4. The molecule has 0 spiro atoms. The number of anilines is 2. The van der Waals surface area contributed by atoms with E-state index in [0.29, 0.717) is 17.8 Å². The van der Waals surface area contributed by atoms with Crippen LogP contribution >= 0.6 is 15.9 Å². The number of hydrogen-bond acceptors (Lipinski definition) is 2. The average molecular weight is 351 g/mol. The molecule has 3 nitrogen and oxygen atoms in total. The smallest absolute Gasteiger partial charge is 0.258 e. The second kappa shape index (κ2) is 6.72. The zero-order valence-electron chi connectivity index (χ0n) is 11.6. The fraction of sp³-hybridized carbons (Fsp3) is 0.188. The molecule has 0 atom stereocenters. The standard InChI is InChI=1S/C16H16BrFN2O/c1-2-9-20(13-6-4-12(19)5-7-13)16(21)11-3-8-15(18)14(17)10-11/h3-8,10H,2,9,19H2,1H3. The first-order valence-corrected chi connectivity index (χ1v) is 7.44. The molecule has 2 aromatic rings. The van der Waals surface area contributed by atoms with Crippen molar-refractivity contribution in [3.63, 3.8) is 0 Å². The van der Waals surface area contributed by atoms with Crippen molar-refractivity contribution in [2.24, 2.45) is 0 Å². The lowest BCUT2D eigenvalue weighted by Crippen LogP contribution is -2.31. The van der Waals surface area contributed by atoms with Crippen LogP contribution in [0.15, 0.2) is 46.9 Å². The summed E-state index contributed by atoms with van der Waals surface area (Å²) >= 11 is 3.11. The van der Waals surface area contributed by atoms with Crippen molar-refractivity contribution in [2.75, 3.05) is 17.2 Å². The number of amides is 1. The Morgan fingerprint density at radius 2 is 1.90 bits per heavy atom. The molecule has 0 saturated carbocycles. The maximum Gasteiger partial charge on any atom is 0.258 e. The lowest BCUT2D eigenvalue weighted by molar-refractivity contribution is 0.0987. The number of hydrogen-bond donors (Lipinski definition) is 1. The van der Waals surface area contributed by atoms with Gasteiger partial charge in [-0.2, -0.15) is 0 Å². The number of rotatable bonds is 4. The van der Waals surface area contributed by atoms with Crippen LogP contribution in [0, 0.1) is 5.82 Å². The fourth-order valence-electron chi connectivity index (χ4n) is 2.01. The summed E-state index contributed by atoms with van der Waals surface area (Å²) in [4.78, 5) is 14.3. The van der Waals surface area contributed by atoms with E-state index in [4.69, 9.17) is 5.73 Å². The molecule has 0 saturated heterocycles. The van der Waals surface area contributed by atoms with Crippen LogP contribution in [-0.4, -0.2) is 12.5 Å². The summed E-state index contributed by atoms with van der Waals surface area (Å²) in [7, 11) is 0. The van der Waals surface area contributed by atoms with E-state index < -0.39 is 0 Å². The third-order valence-electron chi connectivity index (χ3n) is 3.06. The monoisotopic (exact) mass is 350 g/mol. The van der Waals surface area contributed by atoms with Crippen molar-refractivity contribution >= 4 is 33.2 Å². The molecule has 0 aliphatic carbocycles. The summed E-state index contributed by atoms with van der Waals surface area (Å²) in [5, 5.41) is 0. The van der Waals surface area contributed by atoms with E-state index in [-0.39, 0.29) is 16.2 Å². The highest BCUT2D eigenvalue weighted by atomic mass is 79.9. The van der Waals surface area contributed by atoms with Gasteiger partial charge in [0.1, 0.15) is 5.82 Å². The van der Waals surface area contributed by atoms with E-state index >= 15 is 0 Å². The van der Waals surface area contributed by atoms with Crippen LogP contribution in [0.2, 0.25) is 0 Å². The van der Waals surface area contributed by atoms with Crippen LogP contribution in [0.5, 0.6) is 0 Å². The predicted molar refractivity (Wildman–Crippen MR) is 86.9 cm³/mol. The predicted octanol–water partition coefficient (Wildman–Crippen LogP) is 4.23. The molecular formula is C16H16BrFN2O. The third-order valence-corrected chi connectivity index (χ3v) is 3.67.